The molecule has 0 saturated heterocycles. The van der Waals surface area contributed by atoms with Crippen molar-refractivity contribution in [2.24, 2.45) is 5.90 Å². The zero-order valence-electron chi connectivity index (χ0n) is 6.53. The maximum Gasteiger partial charge on any atom is 0.0864 e. The number of hydrogen-bond donors (Lipinski definition) is 1. The topological polar surface area (TPSA) is 35.2 Å². The molecule has 1 aromatic carbocycles. The third-order valence-electron chi connectivity index (χ3n) is 1.35. The van der Waals surface area contributed by atoms with Gasteiger partial charge in [0.1, 0.15) is 0 Å². The van der Waals surface area contributed by atoms with Crippen LogP contribution in [0.1, 0.15) is 5.56 Å². The SMILES string of the molecule is NOC/C=C/c1cccc(Cl)c1. The van der Waals surface area contributed by atoms with E-state index in [0.29, 0.717) is 6.61 Å². The van der Waals surface area contributed by atoms with Gasteiger partial charge in [-0.3, -0.25) is 0 Å². The molecule has 0 aliphatic heterocycles. The largest absolute Gasteiger partial charge is 0.300 e. The lowest BCUT2D eigenvalue weighted by molar-refractivity contribution is 0.168. The minimum atomic E-state index is 0.409. The van der Waals surface area contributed by atoms with Crippen molar-refractivity contribution in [2.75, 3.05) is 6.61 Å². The summed E-state index contributed by atoms with van der Waals surface area (Å²) in [6.45, 7) is 0.409. The summed E-state index contributed by atoms with van der Waals surface area (Å²) in [6, 6.07) is 7.55. The first-order valence-corrected chi connectivity index (χ1v) is 3.94. The van der Waals surface area contributed by atoms with Gasteiger partial charge in [0.15, 0.2) is 0 Å². The van der Waals surface area contributed by atoms with Gasteiger partial charge in [0.2, 0.25) is 0 Å². The number of benzene rings is 1. The molecule has 0 unspecified atom stereocenters. The van der Waals surface area contributed by atoms with E-state index in [0.717, 1.165) is 10.6 Å². The molecule has 0 amide bonds. The Morgan fingerprint density at radius 3 is 3.00 bits per heavy atom. The number of hydrogen-bond acceptors (Lipinski definition) is 2. The van der Waals surface area contributed by atoms with Gasteiger partial charge >= 0.3 is 0 Å². The summed E-state index contributed by atoms with van der Waals surface area (Å²) in [7, 11) is 0. The van der Waals surface area contributed by atoms with Crippen molar-refractivity contribution < 1.29 is 4.84 Å². The summed E-state index contributed by atoms with van der Waals surface area (Å²) < 4.78 is 0. The second kappa shape index (κ2) is 4.93. The maximum absolute atomic E-state index is 5.77. The van der Waals surface area contributed by atoms with Gasteiger partial charge in [-0.1, -0.05) is 35.9 Å². The van der Waals surface area contributed by atoms with Crippen LogP contribution in [0.25, 0.3) is 6.08 Å². The van der Waals surface area contributed by atoms with E-state index in [2.05, 4.69) is 4.84 Å². The molecule has 0 bridgehead atoms. The molecule has 1 rings (SSSR count). The zero-order chi connectivity index (χ0) is 8.81. The molecule has 0 saturated carbocycles. The molecule has 64 valence electrons. The molecule has 0 spiro atoms. The second-order valence-corrected chi connectivity index (χ2v) is 2.73. The molecule has 2 N–H and O–H groups in total. The van der Waals surface area contributed by atoms with Crippen LogP contribution in [-0.4, -0.2) is 6.61 Å². The Labute approximate surface area is 76.5 Å². The van der Waals surface area contributed by atoms with Crippen LogP contribution in [0, 0.1) is 0 Å². The summed E-state index contributed by atoms with van der Waals surface area (Å²) in [5.41, 5.74) is 1.04. The first kappa shape index (κ1) is 9.26. The number of halogens is 1. The summed E-state index contributed by atoms with van der Waals surface area (Å²) in [4.78, 5) is 4.37. The molecular formula is C9H10ClNO. The Hall–Kier alpha value is -0.830. The number of rotatable bonds is 3. The Morgan fingerprint density at radius 1 is 1.50 bits per heavy atom. The minimum Gasteiger partial charge on any atom is -0.300 e. The van der Waals surface area contributed by atoms with Crippen molar-refractivity contribution in [3.05, 3.63) is 40.9 Å². The first-order chi connectivity index (χ1) is 5.83. The lowest BCUT2D eigenvalue weighted by Crippen LogP contribution is -1.96. The van der Waals surface area contributed by atoms with Crippen LogP contribution in [0.15, 0.2) is 30.3 Å². The van der Waals surface area contributed by atoms with E-state index in [-0.39, 0.29) is 0 Å². The van der Waals surface area contributed by atoms with Crippen molar-refractivity contribution in [1.82, 2.24) is 0 Å². The van der Waals surface area contributed by atoms with Crippen LogP contribution in [0.2, 0.25) is 5.02 Å². The summed E-state index contributed by atoms with van der Waals surface area (Å²) in [5, 5.41) is 0.728. The van der Waals surface area contributed by atoms with E-state index in [9.17, 15) is 0 Å². The van der Waals surface area contributed by atoms with Crippen LogP contribution in [-0.2, 0) is 4.84 Å². The zero-order valence-corrected chi connectivity index (χ0v) is 7.29. The van der Waals surface area contributed by atoms with Gasteiger partial charge in [0, 0.05) is 5.02 Å². The molecule has 2 nitrogen and oxygen atoms in total. The second-order valence-electron chi connectivity index (χ2n) is 2.29. The molecule has 0 aromatic heterocycles. The van der Waals surface area contributed by atoms with Crippen molar-refractivity contribution >= 4 is 17.7 Å². The Bertz CT molecular complexity index is 273. The average molecular weight is 184 g/mol. The third kappa shape index (κ3) is 3.05. The van der Waals surface area contributed by atoms with Gasteiger partial charge < -0.3 is 4.84 Å². The quantitative estimate of drug-likeness (QED) is 0.730. The predicted molar refractivity (Wildman–Crippen MR) is 50.6 cm³/mol. The van der Waals surface area contributed by atoms with E-state index in [1.165, 1.54) is 0 Å². The molecule has 1 aromatic rings. The van der Waals surface area contributed by atoms with E-state index >= 15 is 0 Å². The highest BCUT2D eigenvalue weighted by Crippen LogP contribution is 2.11. The fourth-order valence-corrected chi connectivity index (χ4v) is 1.05. The monoisotopic (exact) mass is 183 g/mol. The molecule has 0 heterocycles. The Morgan fingerprint density at radius 2 is 2.33 bits per heavy atom. The highest BCUT2D eigenvalue weighted by molar-refractivity contribution is 6.30. The van der Waals surface area contributed by atoms with E-state index < -0.39 is 0 Å². The van der Waals surface area contributed by atoms with Gasteiger partial charge in [-0.25, -0.2) is 5.90 Å². The van der Waals surface area contributed by atoms with Gasteiger partial charge in [0.05, 0.1) is 6.61 Å². The van der Waals surface area contributed by atoms with Gasteiger partial charge in [0.25, 0.3) is 0 Å². The maximum atomic E-state index is 5.77. The molecular weight excluding hydrogens is 174 g/mol. The molecule has 0 fully saturated rings. The van der Waals surface area contributed by atoms with E-state index in [1.54, 1.807) is 0 Å². The molecule has 0 aliphatic rings. The molecule has 12 heavy (non-hydrogen) atoms. The standard InChI is InChI=1S/C9H10ClNO/c10-9-5-1-3-8(7-9)4-2-6-12-11/h1-5,7H,6,11H2/b4-2+. The van der Waals surface area contributed by atoms with Crippen LogP contribution >= 0.6 is 11.6 Å². The summed E-state index contributed by atoms with van der Waals surface area (Å²) >= 11 is 5.77. The lowest BCUT2D eigenvalue weighted by atomic mass is 10.2. The van der Waals surface area contributed by atoms with Crippen LogP contribution < -0.4 is 5.90 Å². The van der Waals surface area contributed by atoms with Crippen LogP contribution in [0.4, 0.5) is 0 Å². The van der Waals surface area contributed by atoms with Gasteiger partial charge in [-0.05, 0) is 17.7 Å². The summed E-state index contributed by atoms with van der Waals surface area (Å²) in [5.74, 6) is 4.85. The highest BCUT2D eigenvalue weighted by Gasteiger charge is 1.87. The van der Waals surface area contributed by atoms with E-state index in [1.807, 2.05) is 36.4 Å². The normalized spacial score (nSPS) is 10.8. The Kier molecular flexibility index (Phi) is 3.80. The van der Waals surface area contributed by atoms with Crippen molar-refractivity contribution in [1.29, 1.82) is 0 Å². The predicted octanol–water partition coefficient (Wildman–Crippen LogP) is 2.24. The summed E-state index contributed by atoms with van der Waals surface area (Å²) in [6.07, 6.45) is 3.73. The van der Waals surface area contributed by atoms with Crippen molar-refractivity contribution in [2.45, 2.75) is 0 Å². The van der Waals surface area contributed by atoms with Crippen molar-refractivity contribution in [3.63, 3.8) is 0 Å². The molecule has 3 heteroatoms. The fourth-order valence-electron chi connectivity index (χ4n) is 0.850. The van der Waals surface area contributed by atoms with E-state index in [4.69, 9.17) is 17.5 Å². The molecule has 0 aliphatic carbocycles. The fraction of sp³-hybridized carbons (Fsp3) is 0.111. The Balaban J connectivity index is 2.63. The van der Waals surface area contributed by atoms with Crippen LogP contribution in [0.3, 0.4) is 0 Å². The molecule has 0 atom stereocenters. The van der Waals surface area contributed by atoms with Crippen LogP contribution in [0.5, 0.6) is 0 Å². The van der Waals surface area contributed by atoms with Gasteiger partial charge in [-0.2, -0.15) is 0 Å². The molecule has 0 radical (unpaired) electrons. The van der Waals surface area contributed by atoms with Gasteiger partial charge in [-0.15, -0.1) is 0 Å². The third-order valence-corrected chi connectivity index (χ3v) is 1.59. The lowest BCUT2D eigenvalue weighted by Gasteiger charge is -1.93. The number of nitrogens with two attached hydrogens (primary N) is 1. The minimum absolute atomic E-state index is 0.409. The average Bonchev–Trinajstić information content (AvgIpc) is 2.05. The smallest absolute Gasteiger partial charge is 0.0864 e. The van der Waals surface area contributed by atoms with Crippen molar-refractivity contribution in [3.8, 4) is 0 Å². The first-order valence-electron chi connectivity index (χ1n) is 3.56. The highest BCUT2D eigenvalue weighted by atomic mass is 35.5.